The average Bonchev–Trinajstić information content (AvgIpc) is 3.57. The van der Waals surface area contributed by atoms with Crippen molar-refractivity contribution in [1.82, 2.24) is 10.2 Å². The number of nitrogens with zero attached hydrogens (tertiary/aromatic N) is 1. The molecule has 1 saturated carbocycles. The van der Waals surface area contributed by atoms with Gasteiger partial charge in [0.1, 0.15) is 17.5 Å². The van der Waals surface area contributed by atoms with Crippen LogP contribution in [0.25, 0.3) is 0 Å². The lowest BCUT2D eigenvalue weighted by Crippen LogP contribution is -2.57. The lowest BCUT2D eigenvalue weighted by Gasteiger charge is -2.34. The number of methoxy groups -OCH3 is 2. The summed E-state index contributed by atoms with van der Waals surface area (Å²) in [6, 6.07) is 10.1. The fourth-order valence-corrected chi connectivity index (χ4v) is 7.44. The van der Waals surface area contributed by atoms with Gasteiger partial charge in [0.25, 0.3) is 0 Å². The van der Waals surface area contributed by atoms with Crippen molar-refractivity contribution in [3.05, 3.63) is 66.0 Å². The molecule has 4 aliphatic rings. The molecule has 43 heavy (non-hydrogen) atoms. The van der Waals surface area contributed by atoms with Crippen molar-refractivity contribution < 1.29 is 33.0 Å². The summed E-state index contributed by atoms with van der Waals surface area (Å²) >= 11 is 0. The maximum atomic E-state index is 14.3. The lowest BCUT2D eigenvalue weighted by atomic mass is 9.70. The van der Waals surface area contributed by atoms with Gasteiger partial charge in [-0.05, 0) is 68.1 Å². The lowest BCUT2D eigenvalue weighted by molar-refractivity contribution is -0.144. The van der Waals surface area contributed by atoms with Gasteiger partial charge >= 0.3 is 0 Å². The molecule has 3 heterocycles. The van der Waals surface area contributed by atoms with Crippen LogP contribution in [0, 0.1) is 17.7 Å². The van der Waals surface area contributed by atoms with Gasteiger partial charge in [-0.15, -0.1) is 0 Å². The van der Waals surface area contributed by atoms with Crippen molar-refractivity contribution in [3.8, 4) is 11.5 Å². The highest BCUT2D eigenvalue weighted by Gasteiger charge is 2.76. The number of anilines is 1. The molecule has 5 unspecified atom stereocenters. The Labute approximate surface area is 250 Å². The average molecular weight is 592 g/mol. The quantitative estimate of drug-likeness (QED) is 0.427. The highest BCUT2D eigenvalue weighted by Crippen LogP contribution is 2.59. The van der Waals surface area contributed by atoms with Crippen LogP contribution in [0.5, 0.6) is 11.5 Å². The van der Waals surface area contributed by atoms with Gasteiger partial charge in [-0.1, -0.05) is 37.5 Å². The van der Waals surface area contributed by atoms with E-state index in [0.717, 1.165) is 37.7 Å². The van der Waals surface area contributed by atoms with Crippen molar-refractivity contribution in [3.63, 3.8) is 0 Å². The van der Waals surface area contributed by atoms with E-state index in [0.29, 0.717) is 23.6 Å². The summed E-state index contributed by atoms with van der Waals surface area (Å²) in [5, 5.41) is 6.06. The van der Waals surface area contributed by atoms with Crippen LogP contribution in [0.1, 0.15) is 44.6 Å². The molecule has 1 spiro atoms. The second-order valence-corrected chi connectivity index (χ2v) is 12.1. The number of carbonyl (C=O) groups excluding carboxylic acids is 3. The molecule has 0 radical (unpaired) electrons. The summed E-state index contributed by atoms with van der Waals surface area (Å²) < 4.78 is 30.9. The van der Waals surface area contributed by atoms with Crippen molar-refractivity contribution in [1.29, 1.82) is 0 Å². The fraction of sp³-hybridized carbons (Fsp3) is 0.485. The molecule has 228 valence electrons. The van der Waals surface area contributed by atoms with E-state index in [2.05, 4.69) is 10.6 Å². The summed E-state index contributed by atoms with van der Waals surface area (Å²) in [6.45, 7) is 2.03. The van der Waals surface area contributed by atoms with Gasteiger partial charge in [0, 0.05) is 18.3 Å². The highest BCUT2D eigenvalue weighted by atomic mass is 19.1. The monoisotopic (exact) mass is 591 g/mol. The molecule has 2 N–H and O–H groups in total. The van der Waals surface area contributed by atoms with Gasteiger partial charge in [-0.3, -0.25) is 14.4 Å². The summed E-state index contributed by atoms with van der Waals surface area (Å²) in [5.74, 6) is -1.99. The van der Waals surface area contributed by atoms with Crippen LogP contribution in [0.3, 0.4) is 0 Å². The van der Waals surface area contributed by atoms with Crippen molar-refractivity contribution in [2.24, 2.45) is 11.8 Å². The molecule has 3 fully saturated rings. The van der Waals surface area contributed by atoms with Gasteiger partial charge in [-0.25, -0.2) is 4.39 Å². The van der Waals surface area contributed by atoms with Crippen LogP contribution in [0.15, 0.2) is 54.6 Å². The van der Waals surface area contributed by atoms with Crippen LogP contribution in [0.4, 0.5) is 10.1 Å². The standard InChI is InChI=1S/C33H38FN3O6/c1-32-16-17-33(43-32)27(26(32)29(38)35-23-12-10-21(34)11-13-23)31(40)37(28(33)30(39)36-22-7-5-4-6-8-22)18-15-20-9-14-24(41-2)25(19-20)42-3/h9-14,16-17,19,22,26-28H,4-8,15,18H2,1-3H3,(H,35,38)(H,36,39). The fourth-order valence-electron chi connectivity index (χ4n) is 7.44. The smallest absolute Gasteiger partial charge is 0.246 e. The van der Waals surface area contributed by atoms with E-state index in [1.807, 2.05) is 30.4 Å². The minimum Gasteiger partial charge on any atom is -0.493 e. The van der Waals surface area contributed by atoms with E-state index in [-0.39, 0.29) is 24.4 Å². The number of likely N-dealkylation sites (tertiary alicyclic amines) is 1. The molecular formula is C33H38FN3O6. The first kappa shape index (κ1) is 29.2. The Bertz CT molecular complexity index is 1440. The molecule has 2 aromatic rings. The number of fused-ring (bicyclic) bond motifs is 1. The molecule has 5 atom stereocenters. The van der Waals surface area contributed by atoms with Gasteiger partial charge < -0.3 is 29.7 Å². The minimum atomic E-state index is -1.28. The van der Waals surface area contributed by atoms with Crippen molar-refractivity contribution in [2.45, 2.75) is 68.7 Å². The van der Waals surface area contributed by atoms with Crippen LogP contribution < -0.4 is 20.1 Å². The molecule has 1 aliphatic carbocycles. The Hall–Kier alpha value is -3.92. The Kier molecular flexibility index (Phi) is 7.66. The number of hydrogen-bond acceptors (Lipinski definition) is 6. The molecule has 2 saturated heterocycles. The Morgan fingerprint density at radius 2 is 1.72 bits per heavy atom. The van der Waals surface area contributed by atoms with E-state index < -0.39 is 40.8 Å². The molecule has 6 rings (SSSR count). The number of halogens is 1. The van der Waals surface area contributed by atoms with Crippen LogP contribution in [0.2, 0.25) is 0 Å². The predicted octanol–water partition coefficient (Wildman–Crippen LogP) is 4.01. The SMILES string of the molecule is COc1ccc(CCN2C(=O)C3C(C(=O)Nc4ccc(F)cc4)C4(C)C=CC3(O4)C2C(=O)NC2CCCCC2)cc1OC. The first-order chi connectivity index (χ1) is 20.7. The largest absolute Gasteiger partial charge is 0.493 e. The molecule has 3 amide bonds. The maximum Gasteiger partial charge on any atom is 0.246 e. The third kappa shape index (κ3) is 5.05. The summed E-state index contributed by atoms with van der Waals surface area (Å²) in [6.07, 6.45) is 9.11. The van der Waals surface area contributed by atoms with Gasteiger partial charge in [-0.2, -0.15) is 0 Å². The van der Waals surface area contributed by atoms with Gasteiger partial charge in [0.15, 0.2) is 11.5 Å². The molecule has 3 aliphatic heterocycles. The molecule has 2 aromatic carbocycles. The molecule has 2 bridgehead atoms. The Morgan fingerprint density at radius 3 is 2.42 bits per heavy atom. The summed E-state index contributed by atoms with van der Waals surface area (Å²) in [7, 11) is 3.13. The number of rotatable bonds is 9. The third-order valence-electron chi connectivity index (χ3n) is 9.48. The summed E-state index contributed by atoms with van der Waals surface area (Å²) in [5.41, 5.74) is -1.04. The van der Waals surface area contributed by atoms with Crippen LogP contribution in [-0.2, 0) is 25.5 Å². The minimum absolute atomic E-state index is 0.0373. The zero-order valence-corrected chi connectivity index (χ0v) is 24.7. The first-order valence-electron chi connectivity index (χ1n) is 15.0. The molecular weight excluding hydrogens is 553 g/mol. The van der Waals surface area contributed by atoms with Crippen LogP contribution >= 0.6 is 0 Å². The number of hydrogen-bond donors (Lipinski definition) is 2. The van der Waals surface area contributed by atoms with Gasteiger partial charge in [0.2, 0.25) is 17.7 Å². The predicted molar refractivity (Wildman–Crippen MR) is 157 cm³/mol. The molecule has 0 aromatic heterocycles. The molecule has 9 nitrogen and oxygen atoms in total. The third-order valence-corrected chi connectivity index (χ3v) is 9.48. The van der Waals surface area contributed by atoms with Crippen molar-refractivity contribution >= 4 is 23.4 Å². The number of ether oxygens (including phenoxy) is 3. The zero-order valence-electron chi connectivity index (χ0n) is 24.7. The van der Waals surface area contributed by atoms with E-state index in [1.165, 1.54) is 24.3 Å². The number of benzene rings is 2. The Balaban J connectivity index is 1.31. The first-order valence-corrected chi connectivity index (χ1v) is 15.0. The molecule has 10 heteroatoms. The van der Waals surface area contributed by atoms with Gasteiger partial charge in [0.05, 0.1) is 31.7 Å². The van der Waals surface area contributed by atoms with Crippen LogP contribution in [-0.4, -0.2) is 66.7 Å². The van der Waals surface area contributed by atoms with E-state index in [4.69, 9.17) is 14.2 Å². The van der Waals surface area contributed by atoms with E-state index >= 15 is 0 Å². The number of nitrogens with one attached hydrogen (secondary N) is 2. The van der Waals surface area contributed by atoms with E-state index in [1.54, 1.807) is 26.0 Å². The maximum absolute atomic E-state index is 14.3. The number of amides is 3. The second-order valence-electron chi connectivity index (χ2n) is 12.1. The number of carbonyl (C=O) groups is 3. The zero-order chi connectivity index (χ0) is 30.4. The normalized spacial score (nSPS) is 29.4. The summed E-state index contributed by atoms with van der Waals surface area (Å²) in [4.78, 5) is 43.8. The van der Waals surface area contributed by atoms with Crippen molar-refractivity contribution in [2.75, 3.05) is 26.1 Å². The highest BCUT2D eigenvalue weighted by molar-refractivity contribution is 6.03. The topological polar surface area (TPSA) is 106 Å². The van der Waals surface area contributed by atoms with E-state index in [9.17, 15) is 18.8 Å². The second kappa shape index (κ2) is 11.3. The Morgan fingerprint density at radius 1 is 1.00 bits per heavy atom.